The number of hydrogen-bond acceptors (Lipinski definition) is 4. The van der Waals surface area contributed by atoms with Gasteiger partial charge in [0.05, 0.1) is 25.3 Å². The highest BCUT2D eigenvalue weighted by Gasteiger charge is 2.31. The van der Waals surface area contributed by atoms with Crippen LogP contribution in [0.2, 0.25) is 0 Å². The maximum absolute atomic E-state index is 13.3. The maximum atomic E-state index is 13.3. The van der Waals surface area contributed by atoms with Crippen molar-refractivity contribution < 1.29 is 22.6 Å². The molecule has 0 atom stereocenters. The van der Waals surface area contributed by atoms with E-state index in [1.165, 1.54) is 13.2 Å². The molecule has 160 valence electrons. The number of rotatable bonds is 5. The summed E-state index contributed by atoms with van der Waals surface area (Å²) in [5, 5.41) is 3.80. The molecule has 0 amide bonds. The average Bonchev–Trinajstić information content (AvgIpc) is 3.10. The summed E-state index contributed by atoms with van der Waals surface area (Å²) in [6, 6.07) is 15.0. The fourth-order valence-electron chi connectivity index (χ4n) is 3.51. The smallest absolute Gasteiger partial charge is 0.416 e. The highest BCUT2D eigenvalue weighted by Crippen LogP contribution is 2.37. The van der Waals surface area contributed by atoms with E-state index < -0.39 is 11.7 Å². The first-order chi connectivity index (χ1) is 14.8. The maximum Gasteiger partial charge on any atom is 0.416 e. The Balaban J connectivity index is 1.79. The minimum absolute atomic E-state index is 0.106. The molecule has 1 N–H and O–H groups in total. The Kier molecular flexibility index (Phi) is 5.22. The monoisotopic (exact) mass is 427 g/mol. The zero-order valence-corrected chi connectivity index (χ0v) is 17.1. The number of aromatic nitrogens is 2. The predicted octanol–water partition coefficient (Wildman–Crippen LogP) is 6.02. The van der Waals surface area contributed by atoms with Gasteiger partial charge in [-0.3, -0.25) is 0 Å². The average molecular weight is 427 g/mol. The topological polar surface area (TPSA) is 48.3 Å². The number of fused-ring (bicyclic) bond motifs is 1. The van der Waals surface area contributed by atoms with Gasteiger partial charge in [-0.1, -0.05) is 12.1 Å². The number of anilines is 2. The standard InChI is InChI=1S/C23H20F3N3O2/c1-29-20-7-8-27-22(19(20)13-21(29)14-5-4-6-17(9-14)30-2)28-16-10-15(23(24,25)26)11-18(12-16)31-3/h4-13H,1-3H3,(H,27,28). The Morgan fingerprint density at radius 1 is 0.935 bits per heavy atom. The largest absolute Gasteiger partial charge is 0.497 e. The molecule has 0 saturated heterocycles. The number of nitrogens with zero attached hydrogens (tertiary/aromatic N) is 2. The van der Waals surface area contributed by atoms with Gasteiger partial charge in [-0.2, -0.15) is 13.2 Å². The molecule has 0 radical (unpaired) electrons. The zero-order chi connectivity index (χ0) is 22.2. The molecule has 0 fully saturated rings. The predicted molar refractivity (Wildman–Crippen MR) is 114 cm³/mol. The number of aryl methyl sites for hydroxylation is 1. The third kappa shape index (κ3) is 4.01. The van der Waals surface area contributed by atoms with Crippen molar-refractivity contribution >= 4 is 22.4 Å². The van der Waals surface area contributed by atoms with Crippen molar-refractivity contribution in [2.24, 2.45) is 7.05 Å². The van der Waals surface area contributed by atoms with E-state index in [9.17, 15) is 13.2 Å². The van der Waals surface area contributed by atoms with Crippen LogP contribution in [-0.2, 0) is 13.2 Å². The van der Waals surface area contributed by atoms with Crippen LogP contribution in [0.1, 0.15) is 5.56 Å². The molecular weight excluding hydrogens is 407 g/mol. The van der Waals surface area contributed by atoms with E-state index in [2.05, 4.69) is 10.3 Å². The Morgan fingerprint density at radius 2 is 1.71 bits per heavy atom. The van der Waals surface area contributed by atoms with E-state index in [0.717, 1.165) is 40.0 Å². The van der Waals surface area contributed by atoms with E-state index in [1.54, 1.807) is 13.3 Å². The number of benzene rings is 2. The van der Waals surface area contributed by atoms with E-state index >= 15 is 0 Å². The molecule has 0 bridgehead atoms. The van der Waals surface area contributed by atoms with Crippen molar-refractivity contribution in [1.82, 2.24) is 9.55 Å². The second kappa shape index (κ2) is 7.86. The van der Waals surface area contributed by atoms with Crippen molar-refractivity contribution in [2.75, 3.05) is 19.5 Å². The molecule has 0 aliphatic heterocycles. The fourth-order valence-corrected chi connectivity index (χ4v) is 3.51. The Hall–Kier alpha value is -3.68. The summed E-state index contributed by atoms with van der Waals surface area (Å²) in [4.78, 5) is 4.36. The SMILES string of the molecule is COc1cccc(-c2cc3c(Nc4cc(OC)cc(C(F)(F)F)c4)nccc3n2C)c1. The molecule has 31 heavy (non-hydrogen) atoms. The molecule has 2 heterocycles. The molecule has 0 saturated carbocycles. The summed E-state index contributed by atoms with van der Waals surface area (Å²) < 4.78 is 52.2. The van der Waals surface area contributed by atoms with Crippen molar-refractivity contribution in [3.05, 3.63) is 66.4 Å². The van der Waals surface area contributed by atoms with Gasteiger partial charge in [-0.25, -0.2) is 4.98 Å². The number of hydrogen-bond donors (Lipinski definition) is 1. The van der Waals surface area contributed by atoms with Gasteiger partial charge >= 0.3 is 6.18 Å². The summed E-state index contributed by atoms with van der Waals surface area (Å²) in [5.74, 6) is 1.29. The van der Waals surface area contributed by atoms with Gasteiger partial charge in [0.25, 0.3) is 0 Å². The number of pyridine rings is 1. The van der Waals surface area contributed by atoms with E-state index in [4.69, 9.17) is 9.47 Å². The van der Waals surface area contributed by atoms with Gasteiger partial charge in [0, 0.05) is 41.6 Å². The molecule has 0 unspecified atom stereocenters. The lowest BCUT2D eigenvalue weighted by atomic mass is 10.1. The van der Waals surface area contributed by atoms with Crippen LogP contribution in [0, 0.1) is 0 Å². The van der Waals surface area contributed by atoms with Crippen LogP contribution in [0.25, 0.3) is 22.2 Å². The second-order valence-corrected chi connectivity index (χ2v) is 6.99. The van der Waals surface area contributed by atoms with Crippen LogP contribution in [0.4, 0.5) is 24.7 Å². The van der Waals surface area contributed by atoms with Gasteiger partial charge in [0.15, 0.2) is 0 Å². The Labute approximate surface area is 177 Å². The fraction of sp³-hybridized carbons (Fsp3) is 0.174. The van der Waals surface area contributed by atoms with E-state index in [0.29, 0.717) is 5.82 Å². The normalized spacial score (nSPS) is 11.5. The van der Waals surface area contributed by atoms with Crippen molar-refractivity contribution in [3.8, 4) is 22.8 Å². The lowest BCUT2D eigenvalue weighted by molar-refractivity contribution is -0.137. The minimum Gasteiger partial charge on any atom is -0.497 e. The molecule has 2 aromatic heterocycles. The molecule has 0 aliphatic rings. The number of ether oxygens (including phenoxy) is 2. The van der Waals surface area contributed by atoms with Crippen LogP contribution < -0.4 is 14.8 Å². The van der Waals surface area contributed by atoms with Crippen LogP contribution in [0.15, 0.2) is 60.8 Å². The molecule has 0 aliphatic carbocycles. The van der Waals surface area contributed by atoms with E-state index in [-0.39, 0.29) is 11.4 Å². The third-order valence-electron chi connectivity index (χ3n) is 5.07. The van der Waals surface area contributed by atoms with Crippen LogP contribution in [-0.4, -0.2) is 23.8 Å². The Bertz CT molecular complexity index is 1250. The van der Waals surface area contributed by atoms with Crippen LogP contribution >= 0.6 is 0 Å². The number of halogens is 3. The van der Waals surface area contributed by atoms with Gasteiger partial charge in [0.2, 0.25) is 0 Å². The molecule has 2 aromatic carbocycles. The first kappa shape index (κ1) is 20.6. The molecular formula is C23H20F3N3O2. The van der Waals surface area contributed by atoms with Crippen molar-refractivity contribution in [3.63, 3.8) is 0 Å². The molecule has 4 rings (SSSR count). The summed E-state index contributed by atoms with van der Waals surface area (Å²) in [6.45, 7) is 0. The van der Waals surface area contributed by atoms with Crippen molar-refractivity contribution in [1.29, 1.82) is 0 Å². The van der Waals surface area contributed by atoms with Gasteiger partial charge in [-0.05, 0) is 36.4 Å². The summed E-state index contributed by atoms with van der Waals surface area (Å²) in [6.07, 6.45) is -2.87. The zero-order valence-electron chi connectivity index (χ0n) is 17.1. The molecule has 4 aromatic rings. The molecule has 0 spiro atoms. The Morgan fingerprint density at radius 3 is 2.42 bits per heavy atom. The first-order valence-corrected chi connectivity index (χ1v) is 9.42. The minimum atomic E-state index is -4.49. The van der Waals surface area contributed by atoms with Gasteiger partial charge in [-0.15, -0.1) is 0 Å². The summed E-state index contributed by atoms with van der Waals surface area (Å²) >= 11 is 0. The van der Waals surface area contributed by atoms with E-state index in [1.807, 2.05) is 48.0 Å². The summed E-state index contributed by atoms with van der Waals surface area (Å²) in [5.41, 5.74) is 2.19. The lowest BCUT2D eigenvalue weighted by Crippen LogP contribution is -2.06. The second-order valence-electron chi connectivity index (χ2n) is 6.99. The number of methoxy groups -OCH3 is 2. The molecule has 5 nitrogen and oxygen atoms in total. The van der Waals surface area contributed by atoms with Crippen LogP contribution in [0.5, 0.6) is 11.5 Å². The number of alkyl halides is 3. The highest BCUT2D eigenvalue weighted by molar-refractivity contribution is 5.96. The molecule has 8 heteroatoms. The lowest BCUT2D eigenvalue weighted by Gasteiger charge is -2.13. The van der Waals surface area contributed by atoms with Gasteiger partial charge < -0.3 is 19.4 Å². The van der Waals surface area contributed by atoms with Crippen molar-refractivity contribution in [2.45, 2.75) is 6.18 Å². The summed E-state index contributed by atoms with van der Waals surface area (Å²) in [7, 11) is 4.86. The third-order valence-corrected chi connectivity index (χ3v) is 5.07. The quantitative estimate of drug-likeness (QED) is 0.423. The van der Waals surface area contributed by atoms with Gasteiger partial charge in [0.1, 0.15) is 17.3 Å². The van der Waals surface area contributed by atoms with Crippen LogP contribution in [0.3, 0.4) is 0 Å². The number of nitrogens with one attached hydrogen (secondary N) is 1. The highest BCUT2D eigenvalue weighted by atomic mass is 19.4. The first-order valence-electron chi connectivity index (χ1n) is 9.42.